The third kappa shape index (κ3) is 6.73. The van der Waals surface area contributed by atoms with E-state index >= 15 is 0 Å². The molecule has 0 saturated carbocycles. The molecule has 0 aliphatic heterocycles. The number of H-pyrrole nitrogens is 1. The van der Waals surface area contributed by atoms with Gasteiger partial charge in [-0.3, -0.25) is 4.79 Å². The number of nitrogens with zero attached hydrogens (tertiary/aromatic N) is 2. The van der Waals surface area contributed by atoms with E-state index in [4.69, 9.17) is 15.6 Å². The number of hydrogen-bond donors (Lipinski definition) is 3. The minimum Gasteiger partial charge on any atom is -0.475 e. The number of rotatable bonds is 3. The number of likely N-dealkylation sites (N-methyl/N-ethyl adjacent to an activating group) is 1. The van der Waals surface area contributed by atoms with Crippen LogP contribution in [0.5, 0.6) is 0 Å². The summed E-state index contributed by atoms with van der Waals surface area (Å²) in [6.45, 7) is 0. The smallest absolute Gasteiger partial charge is 0.475 e. The number of aromatic amines is 1. The zero-order valence-corrected chi connectivity index (χ0v) is 10.8. The van der Waals surface area contributed by atoms with E-state index in [1.165, 1.54) is 4.90 Å². The molecule has 7 nitrogen and oxygen atoms in total. The quantitative estimate of drug-likeness (QED) is 0.727. The van der Waals surface area contributed by atoms with Crippen LogP contribution in [-0.2, 0) is 16.0 Å². The molecule has 0 saturated heterocycles. The Kier molecular flexibility index (Phi) is 6.69. The molecule has 0 radical (unpaired) electrons. The molecule has 1 atom stereocenters. The molecule has 0 unspecified atom stereocenters. The largest absolute Gasteiger partial charge is 0.490 e. The molecule has 114 valence electrons. The maximum atomic E-state index is 11.3. The first-order chi connectivity index (χ1) is 9.05. The summed E-state index contributed by atoms with van der Waals surface area (Å²) < 4.78 is 31.7. The summed E-state index contributed by atoms with van der Waals surface area (Å²) in [7, 11) is 3.38. The second-order valence-corrected chi connectivity index (χ2v) is 3.92. The molecule has 0 aliphatic rings. The lowest BCUT2D eigenvalue weighted by atomic mass is 10.1. The van der Waals surface area contributed by atoms with Gasteiger partial charge in [0, 0.05) is 32.4 Å². The van der Waals surface area contributed by atoms with E-state index in [0.717, 1.165) is 5.69 Å². The van der Waals surface area contributed by atoms with Crippen LogP contribution >= 0.6 is 0 Å². The van der Waals surface area contributed by atoms with Gasteiger partial charge in [0.1, 0.15) is 0 Å². The van der Waals surface area contributed by atoms with Crippen molar-refractivity contribution in [2.45, 2.75) is 18.6 Å². The Morgan fingerprint density at radius 3 is 2.30 bits per heavy atom. The molecule has 1 amide bonds. The molecule has 4 N–H and O–H groups in total. The van der Waals surface area contributed by atoms with Gasteiger partial charge in [0.25, 0.3) is 0 Å². The summed E-state index contributed by atoms with van der Waals surface area (Å²) in [5.74, 6) is -2.83. The van der Waals surface area contributed by atoms with Crippen LogP contribution in [-0.4, -0.2) is 58.2 Å². The van der Waals surface area contributed by atoms with Crippen LogP contribution in [0.1, 0.15) is 5.69 Å². The van der Waals surface area contributed by atoms with Crippen LogP contribution < -0.4 is 5.73 Å². The van der Waals surface area contributed by atoms with Gasteiger partial charge in [-0.15, -0.1) is 0 Å². The van der Waals surface area contributed by atoms with Gasteiger partial charge in [-0.05, 0) is 0 Å². The van der Waals surface area contributed by atoms with Crippen molar-refractivity contribution in [1.82, 2.24) is 14.9 Å². The number of alkyl halides is 3. The van der Waals surface area contributed by atoms with Crippen molar-refractivity contribution >= 4 is 11.9 Å². The highest BCUT2D eigenvalue weighted by molar-refractivity contribution is 5.81. The molecule has 0 aromatic carbocycles. The Hall–Kier alpha value is -2.10. The average molecular weight is 296 g/mol. The molecule has 1 heterocycles. The van der Waals surface area contributed by atoms with Crippen molar-refractivity contribution < 1.29 is 27.9 Å². The first-order valence-corrected chi connectivity index (χ1v) is 5.29. The van der Waals surface area contributed by atoms with E-state index in [2.05, 4.69) is 9.97 Å². The van der Waals surface area contributed by atoms with Gasteiger partial charge in [-0.1, -0.05) is 0 Å². The fraction of sp³-hybridized carbons (Fsp3) is 0.500. The second kappa shape index (κ2) is 7.48. The lowest BCUT2D eigenvalue weighted by Crippen LogP contribution is -2.41. The van der Waals surface area contributed by atoms with Crippen molar-refractivity contribution in [2.24, 2.45) is 5.73 Å². The molecule has 20 heavy (non-hydrogen) atoms. The predicted molar refractivity (Wildman–Crippen MR) is 62.7 cm³/mol. The molecule has 10 heteroatoms. The third-order valence-corrected chi connectivity index (χ3v) is 2.00. The number of aromatic nitrogens is 2. The van der Waals surface area contributed by atoms with Gasteiger partial charge < -0.3 is 20.7 Å². The maximum Gasteiger partial charge on any atom is 0.490 e. The van der Waals surface area contributed by atoms with Crippen molar-refractivity contribution in [2.75, 3.05) is 14.1 Å². The van der Waals surface area contributed by atoms with Gasteiger partial charge in [0.05, 0.1) is 12.4 Å². The van der Waals surface area contributed by atoms with E-state index in [1.54, 1.807) is 26.6 Å². The van der Waals surface area contributed by atoms with Crippen molar-refractivity contribution in [3.05, 3.63) is 18.2 Å². The van der Waals surface area contributed by atoms with Crippen LogP contribution in [0.4, 0.5) is 13.2 Å². The molecule has 0 fully saturated rings. The number of carbonyl (C=O) groups excluding carboxylic acids is 1. The van der Waals surface area contributed by atoms with Crippen LogP contribution in [0, 0.1) is 0 Å². The highest BCUT2D eigenvalue weighted by Crippen LogP contribution is 2.13. The Morgan fingerprint density at radius 1 is 1.50 bits per heavy atom. The fourth-order valence-corrected chi connectivity index (χ4v) is 1.05. The number of amides is 1. The zero-order chi connectivity index (χ0) is 15.9. The number of imidazole rings is 1. The highest BCUT2D eigenvalue weighted by atomic mass is 19.4. The van der Waals surface area contributed by atoms with E-state index in [1.807, 2.05) is 0 Å². The number of aliphatic carboxylic acids is 1. The monoisotopic (exact) mass is 296 g/mol. The molecule has 1 rings (SSSR count). The van der Waals surface area contributed by atoms with Crippen LogP contribution in [0.2, 0.25) is 0 Å². The highest BCUT2D eigenvalue weighted by Gasteiger charge is 2.38. The Morgan fingerprint density at radius 2 is 2.00 bits per heavy atom. The third-order valence-electron chi connectivity index (χ3n) is 2.00. The number of nitrogens with one attached hydrogen (secondary N) is 1. The minimum atomic E-state index is -5.08. The molecule has 0 bridgehead atoms. The lowest BCUT2D eigenvalue weighted by molar-refractivity contribution is -0.192. The number of carbonyl (C=O) groups is 2. The standard InChI is InChI=1S/C8H14N4O.C2HF3O2/c1-12(2)8(13)7(9)3-6-4-10-5-11-6;3-2(4,5)1(6)7/h4-5,7H,3,9H2,1-2H3,(H,10,11);(H,6,7)/t7-;/m0./s1. The molecule has 1 aromatic heterocycles. The van der Waals surface area contributed by atoms with Crippen molar-refractivity contribution in [3.63, 3.8) is 0 Å². The van der Waals surface area contributed by atoms with Crippen molar-refractivity contribution in [1.29, 1.82) is 0 Å². The molecular formula is C10H15F3N4O3. The number of hydrogen-bond acceptors (Lipinski definition) is 4. The number of nitrogens with two attached hydrogens (primary N) is 1. The normalized spacial score (nSPS) is 12.1. The average Bonchev–Trinajstić information content (AvgIpc) is 2.80. The van der Waals surface area contributed by atoms with Gasteiger partial charge in [-0.2, -0.15) is 13.2 Å². The summed E-state index contributed by atoms with van der Waals surface area (Å²) in [5, 5.41) is 7.12. The topological polar surface area (TPSA) is 112 Å². The van der Waals surface area contributed by atoms with E-state index in [-0.39, 0.29) is 5.91 Å². The summed E-state index contributed by atoms with van der Waals surface area (Å²) >= 11 is 0. The number of carboxylic acid groups (broad SMARTS) is 1. The first kappa shape index (κ1) is 17.9. The van der Waals surface area contributed by atoms with Gasteiger partial charge in [0.2, 0.25) is 5.91 Å². The molecule has 1 aromatic rings. The molecule has 0 spiro atoms. The lowest BCUT2D eigenvalue weighted by Gasteiger charge is -2.15. The fourth-order valence-electron chi connectivity index (χ4n) is 1.05. The van der Waals surface area contributed by atoms with E-state index in [0.29, 0.717) is 6.42 Å². The number of carboxylic acids is 1. The first-order valence-electron chi connectivity index (χ1n) is 5.29. The molecule has 0 aliphatic carbocycles. The predicted octanol–water partition coefficient (Wildman–Crippen LogP) is 0.00100. The summed E-state index contributed by atoms with van der Waals surface area (Å²) in [5.41, 5.74) is 6.55. The van der Waals surface area contributed by atoms with Gasteiger partial charge in [-0.25, -0.2) is 9.78 Å². The van der Waals surface area contributed by atoms with Crippen molar-refractivity contribution in [3.8, 4) is 0 Å². The second-order valence-electron chi connectivity index (χ2n) is 3.92. The molecular weight excluding hydrogens is 281 g/mol. The van der Waals surface area contributed by atoms with E-state index < -0.39 is 18.2 Å². The Labute approximate surface area is 112 Å². The Bertz CT molecular complexity index is 431. The van der Waals surface area contributed by atoms with Crippen LogP contribution in [0.15, 0.2) is 12.5 Å². The summed E-state index contributed by atoms with van der Waals surface area (Å²) in [6.07, 6.45) is -1.35. The van der Waals surface area contributed by atoms with E-state index in [9.17, 15) is 18.0 Å². The van der Waals surface area contributed by atoms with Gasteiger partial charge >= 0.3 is 12.1 Å². The van der Waals surface area contributed by atoms with Crippen LogP contribution in [0.3, 0.4) is 0 Å². The number of halogens is 3. The SMILES string of the molecule is CN(C)C(=O)[C@@H](N)Cc1cnc[nH]1.O=C(O)C(F)(F)F. The summed E-state index contributed by atoms with van der Waals surface area (Å²) in [4.78, 5) is 28.5. The summed E-state index contributed by atoms with van der Waals surface area (Å²) in [6, 6.07) is -0.490. The zero-order valence-electron chi connectivity index (χ0n) is 10.8. The minimum absolute atomic E-state index is 0.0744. The van der Waals surface area contributed by atoms with Gasteiger partial charge in [0.15, 0.2) is 0 Å². The maximum absolute atomic E-state index is 11.3. The Balaban J connectivity index is 0.000000441. The van der Waals surface area contributed by atoms with Crippen LogP contribution in [0.25, 0.3) is 0 Å².